The number of anilines is 1. The summed E-state index contributed by atoms with van der Waals surface area (Å²) in [7, 11) is 1.57. The lowest BCUT2D eigenvalue weighted by Crippen LogP contribution is -2.42. The average molecular weight is 322 g/mol. The number of rotatable bonds is 6. The van der Waals surface area contributed by atoms with Crippen LogP contribution in [-0.4, -0.2) is 53.6 Å². The molecule has 8 heteroatoms. The van der Waals surface area contributed by atoms with Crippen molar-refractivity contribution >= 4 is 17.4 Å². The Bertz CT molecular complexity index is 571. The molecule has 0 radical (unpaired) electrons. The number of aromatic nitrogens is 1. The Morgan fingerprint density at radius 1 is 1.52 bits per heavy atom. The number of carbonyl (C=O) groups is 1. The highest BCUT2D eigenvalue weighted by atomic mass is 16.6. The fourth-order valence-electron chi connectivity index (χ4n) is 2.70. The topological polar surface area (TPSA) is 97.6 Å². The van der Waals surface area contributed by atoms with E-state index in [1.807, 2.05) is 4.90 Å². The molecule has 1 fully saturated rings. The van der Waals surface area contributed by atoms with E-state index in [0.717, 1.165) is 12.8 Å². The van der Waals surface area contributed by atoms with Crippen molar-refractivity contribution in [3.05, 3.63) is 27.9 Å². The number of nitro groups is 1. The number of piperidine rings is 1. The molecule has 2 rings (SSSR count). The average Bonchev–Trinajstić information content (AvgIpc) is 2.53. The van der Waals surface area contributed by atoms with Gasteiger partial charge in [0.1, 0.15) is 0 Å². The number of nitrogens with zero attached hydrogens (tertiary/aromatic N) is 3. The molecule has 0 bridgehead atoms. The molecule has 1 aromatic rings. The Hall–Kier alpha value is -2.22. The highest BCUT2D eigenvalue weighted by Crippen LogP contribution is 2.27. The van der Waals surface area contributed by atoms with Gasteiger partial charge in [-0.1, -0.05) is 0 Å². The minimum Gasteiger partial charge on any atom is -0.384 e. The molecule has 0 aliphatic carbocycles. The second kappa shape index (κ2) is 7.87. The fourth-order valence-corrected chi connectivity index (χ4v) is 2.70. The van der Waals surface area contributed by atoms with Crippen LogP contribution in [0.3, 0.4) is 0 Å². The first-order valence-corrected chi connectivity index (χ1v) is 7.66. The van der Waals surface area contributed by atoms with Crippen molar-refractivity contribution < 1.29 is 14.5 Å². The summed E-state index contributed by atoms with van der Waals surface area (Å²) in [6, 6.07) is 1.70. The van der Waals surface area contributed by atoms with Crippen molar-refractivity contribution in [2.24, 2.45) is 0 Å². The van der Waals surface area contributed by atoms with Crippen molar-refractivity contribution in [1.29, 1.82) is 0 Å². The molecule has 1 aliphatic heterocycles. The molecular formula is C15H22N4O4. The lowest BCUT2D eigenvalue weighted by Gasteiger charge is -2.32. The number of aryl methyl sites for hydroxylation is 1. The summed E-state index contributed by atoms with van der Waals surface area (Å²) in [5.74, 6) is 0.393. The molecule has 8 nitrogen and oxygen atoms in total. The largest absolute Gasteiger partial charge is 0.384 e. The summed E-state index contributed by atoms with van der Waals surface area (Å²) in [6.07, 6.45) is 3.44. The summed E-state index contributed by atoms with van der Waals surface area (Å²) < 4.78 is 4.92. The predicted octanol–water partition coefficient (Wildman–Crippen LogP) is 1.74. The van der Waals surface area contributed by atoms with Crippen LogP contribution in [-0.2, 0) is 9.53 Å². The maximum absolute atomic E-state index is 11.9. The fraction of sp³-hybridized carbons (Fsp3) is 0.600. The SMILES string of the molecule is COCCC(=O)N1CCC(Nc2nccc(C)c2[N+](=O)[O-])CC1. The second-order valence-electron chi connectivity index (χ2n) is 5.62. The van der Waals surface area contributed by atoms with Crippen molar-refractivity contribution in [2.75, 3.05) is 32.1 Å². The van der Waals surface area contributed by atoms with Crippen molar-refractivity contribution in [2.45, 2.75) is 32.2 Å². The standard InChI is InChI=1S/C15H22N4O4/c1-11-3-7-16-15(14(11)19(21)22)17-12-4-8-18(9-5-12)13(20)6-10-23-2/h3,7,12H,4-6,8-10H2,1-2H3,(H,16,17). The van der Waals surface area contributed by atoms with E-state index in [1.54, 1.807) is 26.3 Å². The van der Waals surface area contributed by atoms with Gasteiger partial charge in [0.25, 0.3) is 0 Å². The first-order valence-electron chi connectivity index (χ1n) is 7.66. The Balaban J connectivity index is 1.94. The Labute approximate surface area is 135 Å². The molecule has 0 aromatic carbocycles. The van der Waals surface area contributed by atoms with Crippen LogP contribution in [0.1, 0.15) is 24.8 Å². The molecule has 1 aromatic heterocycles. The molecule has 1 amide bonds. The number of pyridine rings is 1. The number of ether oxygens (including phenoxy) is 1. The zero-order chi connectivity index (χ0) is 16.8. The highest BCUT2D eigenvalue weighted by molar-refractivity contribution is 5.76. The minimum atomic E-state index is -0.409. The Morgan fingerprint density at radius 2 is 2.22 bits per heavy atom. The normalized spacial score (nSPS) is 15.5. The molecule has 0 atom stereocenters. The van der Waals surface area contributed by atoms with E-state index < -0.39 is 4.92 Å². The molecule has 1 saturated heterocycles. The Kier molecular flexibility index (Phi) is 5.86. The number of nitrogens with one attached hydrogen (secondary N) is 1. The van der Waals surface area contributed by atoms with E-state index >= 15 is 0 Å². The van der Waals surface area contributed by atoms with E-state index in [1.165, 1.54) is 0 Å². The van der Waals surface area contributed by atoms with Gasteiger partial charge >= 0.3 is 5.69 Å². The van der Waals surface area contributed by atoms with Crippen LogP contribution in [0.15, 0.2) is 12.3 Å². The minimum absolute atomic E-state index is 0.0195. The molecule has 0 unspecified atom stereocenters. The van der Waals surface area contributed by atoms with Crippen LogP contribution in [0.25, 0.3) is 0 Å². The van der Waals surface area contributed by atoms with Crippen molar-refractivity contribution in [3.63, 3.8) is 0 Å². The molecule has 0 spiro atoms. The summed E-state index contributed by atoms with van der Waals surface area (Å²) in [4.78, 5) is 28.6. The number of hydrogen-bond acceptors (Lipinski definition) is 6. The summed E-state index contributed by atoms with van der Waals surface area (Å²) in [5, 5.41) is 14.3. The van der Waals surface area contributed by atoms with Gasteiger partial charge in [-0.05, 0) is 25.8 Å². The zero-order valence-corrected chi connectivity index (χ0v) is 13.4. The van der Waals surface area contributed by atoms with Crippen LogP contribution in [0, 0.1) is 17.0 Å². The summed E-state index contributed by atoms with van der Waals surface area (Å²) in [6.45, 7) is 3.40. The van der Waals surface area contributed by atoms with Crippen LogP contribution in [0.4, 0.5) is 11.5 Å². The third-order valence-corrected chi connectivity index (χ3v) is 4.02. The van der Waals surface area contributed by atoms with Gasteiger partial charge in [0.15, 0.2) is 0 Å². The molecule has 1 aliphatic rings. The molecule has 0 saturated carbocycles. The maximum Gasteiger partial charge on any atom is 0.314 e. The van der Waals surface area contributed by atoms with Gasteiger partial charge in [-0.2, -0.15) is 0 Å². The van der Waals surface area contributed by atoms with Crippen LogP contribution in [0.5, 0.6) is 0 Å². The third-order valence-electron chi connectivity index (χ3n) is 4.02. The van der Waals surface area contributed by atoms with E-state index in [0.29, 0.717) is 37.5 Å². The molecule has 2 heterocycles. The summed E-state index contributed by atoms with van der Waals surface area (Å²) >= 11 is 0. The zero-order valence-electron chi connectivity index (χ0n) is 13.4. The lowest BCUT2D eigenvalue weighted by molar-refractivity contribution is -0.384. The van der Waals surface area contributed by atoms with Crippen molar-refractivity contribution in [1.82, 2.24) is 9.88 Å². The molecular weight excluding hydrogens is 300 g/mol. The number of amides is 1. The van der Waals surface area contributed by atoms with E-state index in [4.69, 9.17) is 4.74 Å². The predicted molar refractivity (Wildman–Crippen MR) is 85.3 cm³/mol. The number of likely N-dealkylation sites (tertiary alicyclic amines) is 1. The highest BCUT2D eigenvalue weighted by Gasteiger charge is 2.25. The van der Waals surface area contributed by atoms with Gasteiger partial charge in [-0.15, -0.1) is 0 Å². The number of carbonyl (C=O) groups excluding carboxylic acids is 1. The van der Waals surface area contributed by atoms with Gasteiger partial charge in [-0.25, -0.2) is 4.98 Å². The van der Waals surface area contributed by atoms with Gasteiger partial charge in [0.2, 0.25) is 11.7 Å². The molecule has 126 valence electrons. The lowest BCUT2D eigenvalue weighted by atomic mass is 10.0. The first-order chi connectivity index (χ1) is 11.0. The first kappa shape index (κ1) is 17.1. The van der Waals surface area contributed by atoms with Crippen LogP contribution >= 0.6 is 0 Å². The van der Waals surface area contributed by atoms with E-state index in [2.05, 4.69) is 10.3 Å². The molecule has 1 N–H and O–H groups in total. The van der Waals surface area contributed by atoms with Gasteiger partial charge in [-0.3, -0.25) is 14.9 Å². The van der Waals surface area contributed by atoms with Gasteiger partial charge < -0.3 is 15.0 Å². The maximum atomic E-state index is 11.9. The summed E-state index contributed by atoms with van der Waals surface area (Å²) in [5.41, 5.74) is 0.603. The van der Waals surface area contributed by atoms with Crippen LogP contribution < -0.4 is 5.32 Å². The number of hydrogen-bond donors (Lipinski definition) is 1. The number of methoxy groups -OCH3 is 1. The van der Waals surface area contributed by atoms with E-state index in [-0.39, 0.29) is 17.6 Å². The second-order valence-corrected chi connectivity index (χ2v) is 5.62. The third kappa shape index (κ3) is 4.38. The monoisotopic (exact) mass is 322 g/mol. The van der Waals surface area contributed by atoms with Crippen molar-refractivity contribution in [3.8, 4) is 0 Å². The molecule has 23 heavy (non-hydrogen) atoms. The van der Waals surface area contributed by atoms with Crippen LogP contribution in [0.2, 0.25) is 0 Å². The quantitative estimate of drug-likeness (QED) is 0.633. The van der Waals surface area contributed by atoms with Gasteiger partial charge in [0, 0.05) is 38.0 Å². The van der Waals surface area contributed by atoms with Gasteiger partial charge in [0.05, 0.1) is 18.0 Å². The smallest absolute Gasteiger partial charge is 0.314 e. The van der Waals surface area contributed by atoms with E-state index in [9.17, 15) is 14.9 Å². The Morgan fingerprint density at radius 3 is 2.83 bits per heavy atom.